The number of rotatable bonds is 3. The van der Waals surface area contributed by atoms with E-state index in [1.807, 2.05) is 20.8 Å². The number of nitrogens with one attached hydrogen (secondary N) is 1. The molecule has 6 nitrogen and oxygen atoms in total. The molecule has 0 spiro atoms. The van der Waals surface area contributed by atoms with Crippen molar-refractivity contribution in [2.24, 2.45) is 5.92 Å². The molecule has 0 bridgehead atoms. The van der Waals surface area contributed by atoms with Crippen LogP contribution >= 0.6 is 22.9 Å². The number of amides is 2. The Morgan fingerprint density at radius 1 is 1.38 bits per heavy atom. The van der Waals surface area contributed by atoms with Crippen molar-refractivity contribution in [3.8, 4) is 0 Å². The first-order valence-corrected chi connectivity index (χ1v) is 9.07. The van der Waals surface area contributed by atoms with Crippen molar-refractivity contribution in [3.05, 3.63) is 21.3 Å². The molecular weight excluding hydrogens is 352 g/mol. The molecule has 134 valence electrons. The number of likely N-dealkylation sites (tertiary alicyclic amines) is 1. The maximum atomic E-state index is 12.0. The fourth-order valence-electron chi connectivity index (χ4n) is 2.48. The molecule has 0 radical (unpaired) electrons. The van der Waals surface area contributed by atoms with Gasteiger partial charge in [-0.3, -0.25) is 4.79 Å². The number of hydrogen-bond donors (Lipinski definition) is 2. The summed E-state index contributed by atoms with van der Waals surface area (Å²) >= 11 is 6.97. The van der Waals surface area contributed by atoms with Crippen LogP contribution in [-0.4, -0.2) is 46.9 Å². The predicted octanol–water partition coefficient (Wildman–Crippen LogP) is 3.10. The second-order valence-electron chi connectivity index (χ2n) is 6.83. The molecule has 0 aliphatic carbocycles. The van der Waals surface area contributed by atoms with Gasteiger partial charge in [0.1, 0.15) is 11.8 Å². The second kappa shape index (κ2) is 7.72. The summed E-state index contributed by atoms with van der Waals surface area (Å²) in [7, 11) is 0. The van der Waals surface area contributed by atoms with Crippen LogP contribution in [0.4, 0.5) is 4.79 Å². The van der Waals surface area contributed by atoms with Crippen LogP contribution in [0.15, 0.2) is 12.1 Å². The number of nitrogens with zero attached hydrogens (tertiary/aromatic N) is 1. The monoisotopic (exact) mass is 374 g/mol. The van der Waals surface area contributed by atoms with E-state index in [-0.39, 0.29) is 17.9 Å². The number of aliphatic hydroxyl groups is 1. The highest BCUT2D eigenvalue weighted by Crippen LogP contribution is 2.24. The zero-order chi connectivity index (χ0) is 17.9. The number of halogens is 1. The van der Waals surface area contributed by atoms with Crippen LogP contribution in [-0.2, 0) is 4.74 Å². The van der Waals surface area contributed by atoms with Crippen molar-refractivity contribution in [2.75, 3.05) is 13.1 Å². The van der Waals surface area contributed by atoms with Gasteiger partial charge in [0, 0.05) is 19.0 Å². The van der Waals surface area contributed by atoms with Crippen LogP contribution in [0.25, 0.3) is 0 Å². The molecule has 1 atom stereocenters. The summed E-state index contributed by atoms with van der Waals surface area (Å²) in [5.41, 5.74) is -0.524. The molecular formula is C16H23ClN2O4S. The average molecular weight is 375 g/mol. The normalized spacial score (nSPS) is 17.5. The summed E-state index contributed by atoms with van der Waals surface area (Å²) in [6.07, 6.45) is -0.0792. The van der Waals surface area contributed by atoms with Gasteiger partial charge >= 0.3 is 6.09 Å². The van der Waals surface area contributed by atoms with Gasteiger partial charge in [0.25, 0.3) is 5.91 Å². The average Bonchev–Trinajstić information content (AvgIpc) is 2.92. The molecule has 24 heavy (non-hydrogen) atoms. The molecule has 2 rings (SSSR count). The van der Waals surface area contributed by atoms with Gasteiger partial charge in [-0.25, -0.2) is 4.79 Å². The minimum absolute atomic E-state index is 0.0944. The van der Waals surface area contributed by atoms with E-state index < -0.39 is 11.8 Å². The highest BCUT2D eigenvalue weighted by atomic mass is 35.5. The molecule has 2 heterocycles. The third-order valence-corrected chi connectivity index (χ3v) is 4.94. The Hall–Kier alpha value is -1.31. The lowest BCUT2D eigenvalue weighted by Crippen LogP contribution is -2.47. The molecule has 0 aromatic carbocycles. The summed E-state index contributed by atoms with van der Waals surface area (Å²) in [5.74, 6) is -0.433. The standard InChI is InChI=1S/C16H23ClN2O4S/c1-16(2,3)23-15(22)19-8-6-10(7-9-19)13(20)18-14(21)11-4-5-12(17)24-11/h4-5,10,13,20H,6-9H2,1-3H3,(H,18,21)/t13-/m1/s1. The number of piperidine rings is 1. The van der Waals surface area contributed by atoms with Crippen molar-refractivity contribution in [3.63, 3.8) is 0 Å². The molecule has 0 saturated carbocycles. The number of aliphatic hydroxyl groups excluding tert-OH is 1. The van der Waals surface area contributed by atoms with E-state index >= 15 is 0 Å². The first kappa shape index (κ1) is 19.0. The van der Waals surface area contributed by atoms with E-state index in [4.69, 9.17) is 16.3 Å². The van der Waals surface area contributed by atoms with E-state index in [0.29, 0.717) is 35.1 Å². The quantitative estimate of drug-likeness (QED) is 0.797. The van der Waals surface area contributed by atoms with E-state index in [2.05, 4.69) is 5.32 Å². The Morgan fingerprint density at radius 3 is 2.50 bits per heavy atom. The van der Waals surface area contributed by atoms with Crippen LogP contribution in [0, 0.1) is 5.92 Å². The van der Waals surface area contributed by atoms with Gasteiger partial charge in [0.05, 0.1) is 9.21 Å². The Labute approximate surface area is 150 Å². The zero-order valence-corrected chi connectivity index (χ0v) is 15.6. The van der Waals surface area contributed by atoms with Crippen LogP contribution in [0.3, 0.4) is 0 Å². The largest absolute Gasteiger partial charge is 0.444 e. The number of hydrogen-bond acceptors (Lipinski definition) is 5. The minimum atomic E-state index is -0.945. The molecule has 8 heteroatoms. The lowest BCUT2D eigenvalue weighted by molar-refractivity contribution is 0.00276. The zero-order valence-electron chi connectivity index (χ0n) is 14.0. The summed E-state index contributed by atoms with van der Waals surface area (Å²) in [5, 5.41) is 12.8. The van der Waals surface area contributed by atoms with E-state index in [1.165, 1.54) is 11.3 Å². The highest BCUT2D eigenvalue weighted by molar-refractivity contribution is 7.17. The Balaban J connectivity index is 1.81. The molecule has 1 aliphatic heterocycles. The number of carbonyl (C=O) groups is 2. The molecule has 2 N–H and O–H groups in total. The van der Waals surface area contributed by atoms with Crippen molar-refractivity contribution in [2.45, 2.75) is 45.4 Å². The first-order chi connectivity index (χ1) is 11.2. The van der Waals surface area contributed by atoms with Crippen molar-refractivity contribution < 1.29 is 19.4 Å². The number of ether oxygens (including phenoxy) is 1. The molecule has 1 aromatic heterocycles. The van der Waals surface area contributed by atoms with Crippen LogP contribution in [0.1, 0.15) is 43.3 Å². The maximum absolute atomic E-state index is 12.0. The van der Waals surface area contributed by atoms with Crippen LogP contribution < -0.4 is 5.32 Å². The van der Waals surface area contributed by atoms with Gasteiger partial charge in [0.15, 0.2) is 0 Å². The Morgan fingerprint density at radius 2 is 2.00 bits per heavy atom. The van der Waals surface area contributed by atoms with Crippen LogP contribution in [0.2, 0.25) is 4.34 Å². The molecule has 1 aromatic rings. The molecule has 1 fully saturated rings. The number of carbonyl (C=O) groups excluding carboxylic acids is 2. The van der Waals surface area contributed by atoms with E-state index in [9.17, 15) is 14.7 Å². The Bertz CT molecular complexity index is 591. The minimum Gasteiger partial charge on any atom is -0.444 e. The van der Waals surface area contributed by atoms with Crippen molar-refractivity contribution >= 4 is 34.9 Å². The third kappa shape index (κ3) is 5.36. The topological polar surface area (TPSA) is 78.9 Å². The summed E-state index contributed by atoms with van der Waals surface area (Å²) in [6.45, 7) is 6.48. The van der Waals surface area contributed by atoms with Gasteiger partial charge in [-0.2, -0.15) is 0 Å². The van der Waals surface area contributed by atoms with Crippen LogP contribution in [0.5, 0.6) is 0 Å². The molecule has 1 aliphatic rings. The van der Waals surface area contributed by atoms with Gasteiger partial charge in [-0.1, -0.05) is 11.6 Å². The van der Waals surface area contributed by atoms with E-state index in [0.717, 1.165) is 0 Å². The SMILES string of the molecule is CC(C)(C)OC(=O)N1CCC([C@@H](O)NC(=O)c2ccc(Cl)s2)CC1. The van der Waals surface area contributed by atoms with Crippen molar-refractivity contribution in [1.82, 2.24) is 10.2 Å². The lowest BCUT2D eigenvalue weighted by Gasteiger charge is -2.35. The maximum Gasteiger partial charge on any atom is 0.410 e. The fraction of sp³-hybridized carbons (Fsp3) is 0.625. The smallest absolute Gasteiger partial charge is 0.410 e. The molecule has 2 amide bonds. The van der Waals surface area contributed by atoms with Gasteiger partial charge < -0.3 is 20.1 Å². The van der Waals surface area contributed by atoms with E-state index in [1.54, 1.807) is 17.0 Å². The fourth-order valence-corrected chi connectivity index (χ4v) is 3.43. The summed E-state index contributed by atoms with van der Waals surface area (Å²) in [4.78, 5) is 26.1. The third-order valence-electron chi connectivity index (χ3n) is 3.71. The first-order valence-electron chi connectivity index (χ1n) is 7.88. The lowest BCUT2D eigenvalue weighted by atomic mass is 9.95. The highest BCUT2D eigenvalue weighted by Gasteiger charge is 2.30. The molecule has 1 saturated heterocycles. The second-order valence-corrected chi connectivity index (χ2v) is 8.54. The Kier molecular flexibility index (Phi) is 6.11. The number of thiophene rings is 1. The van der Waals surface area contributed by atoms with Gasteiger partial charge in [-0.05, 0) is 45.7 Å². The summed E-state index contributed by atoms with van der Waals surface area (Å²) < 4.78 is 5.87. The van der Waals surface area contributed by atoms with Gasteiger partial charge in [-0.15, -0.1) is 11.3 Å². The molecule has 0 unspecified atom stereocenters. The summed E-state index contributed by atoms with van der Waals surface area (Å²) in [6, 6.07) is 3.27. The van der Waals surface area contributed by atoms with Crippen molar-refractivity contribution in [1.29, 1.82) is 0 Å². The predicted molar refractivity (Wildman–Crippen MR) is 93.3 cm³/mol. The van der Waals surface area contributed by atoms with Gasteiger partial charge in [0.2, 0.25) is 0 Å².